The molecular formula is C30H39N7O3. The van der Waals surface area contributed by atoms with Gasteiger partial charge in [0.2, 0.25) is 17.8 Å². The summed E-state index contributed by atoms with van der Waals surface area (Å²) in [4.78, 5) is 25.9. The van der Waals surface area contributed by atoms with Crippen molar-refractivity contribution in [3.63, 3.8) is 0 Å². The van der Waals surface area contributed by atoms with Crippen molar-refractivity contribution in [2.75, 3.05) is 55.5 Å². The second-order valence-corrected chi connectivity index (χ2v) is 10.3. The fourth-order valence-electron chi connectivity index (χ4n) is 5.45. The van der Waals surface area contributed by atoms with Crippen LogP contribution in [0.4, 0.5) is 17.8 Å². The Labute approximate surface area is 235 Å². The summed E-state index contributed by atoms with van der Waals surface area (Å²) < 4.78 is 11.2. The molecule has 0 saturated heterocycles. The second kappa shape index (κ2) is 14.6. The first-order valence-corrected chi connectivity index (χ1v) is 14.3. The Morgan fingerprint density at radius 1 is 0.750 bits per heavy atom. The zero-order valence-electron chi connectivity index (χ0n) is 22.9. The Morgan fingerprint density at radius 2 is 1.43 bits per heavy atom. The number of hydrogen-bond donors (Lipinski definition) is 4. The smallest absolute Gasteiger partial charge is 0.251 e. The summed E-state index contributed by atoms with van der Waals surface area (Å²) in [6.07, 6.45) is 5.16. The van der Waals surface area contributed by atoms with Gasteiger partial charge < -0.3 is 30.7 Å². The molecule has 0 aliphatic heterocycles. The van der Waals surface area contributed by atoms with Gasteiger partial charge in [-0.2, -0.15) is 15.0 Å². The summed E-state index contributed by atoms with van der Waals surface area (Å²) in [5.41, 5.74) is 1.80. The first-order chi connectivity index (χ1) is 19.7. The van der Waals surface area contributed by atoms with Crippen LogP contribution in [0.15, 0.2) is 60.7 Å². The van der Waals surface area contributed by atoms with Gasteiger partial charge in [0.15, 0.2) is 0 Å². The molecule has 2 aliphatic carbocycles. The van der Waals surface area contributed by atoms with Gasteiger partial charge in [-0.15, -0.1) is 0 Å². The van der Waals surface area contributed by atoms with Crippen LogP contribution in [-0.4, -0.2) is 66.4 Å². The monoisotopic (exact) mass is 545 g/mol. The average molecular weight is 546 g/mol. The number of rotatable bonds is 16. The molecule has 1 amide bonds. The van der Waals surface area contributed by atoms with Gasteiger partial charge in [-0.25, -0.2) is 0 Å². The number of hydrogen-bond acceptors (Lipinski definition) is 9. The van der Waals surface area contributed by atoms with Crippen molar-refractivity contribution in [2.24, 2.45) is 11.8 Å². The lowest BCUT2D eigenvalue weighted by Gasteiger charge is -2.23. The number of nitrogens with one attached hydrogen (secondary N) is 4. The standard InChI is InChI=1S/C30H39N7O3/c38-27(24-9-5-2-6-10-24)31-13-15-39-17-18-40-16-14-32-28-35-29(33-21-22-7-3-1-4-8-22)37-30(36-28)34-26-20-23-11-12-25(26)19-23/h1-10,23,25-26H,11-21H2,(H,31,38)(H3,32,33,34,35,36,37). The summed E-state index contributed by atoms with van der Waals surface area (Å²) in [5.74, 6) is 3.13. The molecule has 10 nitrogen and oxygen atoms in total. The summed E-state index contributed by atoms with van der Waals surface area (Å²) in [6.45, 7) is 3.49. The zero-order valence-corrected chi connectivity index (χ0v) is 22.9. The van der Waals surface area contributed by atoms with Gasteiger partial charge in [0, 0.05) is 31.2 Å². The highest BCUT2D eigenvalue weighted by atomic mass is 16.5. The molecule has 5 rings (SSSR count). The average Bonchev–Trinajstić information content (AvgIpc) is 3.61. The predicted molar refractivity (Wildman–Crippen MR) is 155 cm³/mol. The molecule has 2 fully saturated rings. The van der Waals surface area contributed by atoms with Crippen LogP contribution in [0.5, 0.6) is 0 Å². The van der Waals surface area contributed by atoms with E-state index in [-0.39, 0.29) is 5.91 Å². The van der Waals surface area contributed by atoms with E-state index in [1.165, 1.54) is 25.7 Å². The first-order valence-electron chi connectivity index (χ1n) is 14.3. The Bertz CT molecular complexity index is 1200. The number of fused-ring (bicyclic) bond motifs is 2. The summed E-state index contributed by atoms with van der Waals surface area (Å²) >= 11 is 0. The van der Waals surface area contributed by atoms with Crippen molar-refractivity contribution in [2.45, 2.75) is 38.3 Å². The van der Waals surface area contributed by atoms with Crippen molar-refractivity contribution in [3.8, 4) is 0 Å². The lowest BCUT2D eigenvalue weighted by atomic mass is 9.95. The Balaban J connectivity index is 1.01. The maximum atomic E-state index is 12.0. The van der Waals surface area contributed by atoms with Gasteiger partial charge in [0.25, 0.3) is 5.91 Å². The molecule has 2 aromatic carbocycles. The zero-order chi connectivity index (χ0) is 27.4. The van der Waals surface area contributed by atoms with Crippen LogP contribution >= 0.6 is 0 Å². The van der Waals surface area contributed by atoms with Crippen molar-refractivity contribution in [1.29, 1.82) is 0 Å². The highest BCUT2D eigenvalue weighted by Crippen LogP contribution is 2.45. The molecule has 1 aromatic heterocycles. The minimum atomic E-state index is -0.0999. The third kappa shape index (κ3) is 8.37. The van der Waals surface area contributed by atoms with Crippen LogP contribution in [0.2, 0.25) is 0 Å². The Hall–Kier alpha value is -3.76. The fourth-order valence-corrected chi connectivity index (χ4v) is 5.45. The van der Waals surface area contributed by atoms with Crippen molar-refractivity contribution in [3.05, 3.63) is 71.8 Å². The van der Waals surface area contributed by atoms with Crippen LogP contribution in [0, 0.1) is 11.8 Å². The minimum Gasteiger partial charge on any atom is -0.377 e. The van der Waals surface area contributed by atoms with Crippen molar-refractivity contribution < 1.29 is 14.3 Å². The van der Waals surface area contributed by atoms with Gasteiger partial charge in [-0.05, 0) is 48.8 Å². The van der Waals surface area contributed by atoms with E-state index < -0.39 is 0 Å². The highest BCUT2D eigenvalue weighted by Gasteiger charge is 2.39. The molecule has 40 heavy (non-hydrogen) atoms. The number of ether oxygens (including phenoxy) is 2. The number of benzene rings is 2. The summed E-state index contributed by atoms with van der Waals surface area (Å²) in [7, 11) is 0. The maximum absolute atomic E-state index is 12.0. The highest BCUT2D eigenvalue weighted by molar-refractivity contribution is 5.94. The Morgan fingerprint density at radius 3 is 2.12 bits per heavy atom. The molecule has 2 saturated carbocycles. The van der Waals surface area contributed by atoms with Gasteiger partial charge in [-0.3, -0.25) is 4.79 Å². The quantitative estimate of drug-likeness (QED) is 0.198. The minimum absolute atomic E-state index is 0.0999. The molecule has 0 radical (unpaired) electrons. The number of carbonyl (C=O) groups is 1. The third-order valence-corrected chi connectivity index (χ3v) is 7.45. The molecule has 4 N–H and O–H groups in total. The molecule has 3 aromatic rings. The number of carbonyl (C=O) groups excluding carboxylic acids is 1. The lowest BCUT2D eigenvalue weighted by Crippen LogP contribution is -2.27. The van der Waals surface area contributed by atoms with Crippen LogP contribution in [0.25, 0.3) is 0 Å². The van der Waals surface area contributed by atoms with Gasteiger partial charge in [0.05, 0.1) is 26.4 Å². The van der Waals surface area contributed by atoms with E-state index >= 15 is 0 Å². The molecule has 1 heterocycles. The summed E-state index contributed by atoms with van der Waals surface area (Å²) in [5, 5.41) is 13.0. The van der Waals surface area contributed by atoms with E-state index in [0.717, 1.165) is 17.4 Å². The molecule has 2 aliphatic rings. The van der Waals surface area contributed by atoms with Crippen molar-refractivity contribution >= 4 is 23.8 Å². The van der Waals surface area contributed by atoms with Gasteiger partial charge >= 0.3 is 0 Å². The molecule has 3 atom stereocenters. The van der Waals surface area contributed by atoms with Gasteiger partial charge in [-0.1, -0.05) is 55.0 Å². The SMILES string of the molecule is O=C(NCCOCCOCCNc1nc(NCc2ccccc2)nc(NC2CC3CCC2C3)n1)c1ccccc1. The van der Waals surface area contributed by atoms with E-state index in [1.54, 1.807) is 12.1 Å². The van der Waals surface area contributed by atoms with E-state index in [4.69, 9.17) is 9.47 Å². The van der Waals surface area contributed by atoms with Gasteiger partial charge in [0.1, 0.15) is 0 Å². The Kier molecular flexibility index (Phi) is 10.1. The molecule has 212 valence electrons. The normalized spacial score (nSPS) is 19.4. The van der Waals surface area contributed by atoms with E-state index in [0.29, 0.717) is 75.5 Å². The van der Waals surface area contributed by atoms with Crippen molar-refractivity contribution in [1.82, 2.24) is 20.3 Å². The first kappa shape index (κ1) is 27.8. The van der Waals surface area contributed by atoms with Crippen LogP contribution in [-0.2, 0) is 16.0 Å². The molecule has 0 spiro atoms. The van der Waals surface area contributed by atoms with E-state index in [9.17, 15) is 4.79 Å². The largest absolute Gasteiger partial charge is 0.377 e. The summed E-state index contributed by atoms with van der Waals surface area (Å²) in [6, 6.07) is 19.8. The third-order valence-electron chi connectivity index (χ3n) is 7.45. The van der Waals surface area contributed by atoms with Crippen LogP contribution in [0.1, 0.15) is 41.6 Å². The molecular weight excluding hydrogens is 506 g/mol. The molecule has 2 bridgehead atoms. The van der Waals surface area contributed by atoms with Crippen LogP contribution in [0.3, 0.4) is 0 Å². The number of aromatic nitrogens is 3. The topological polar surface area (TPSA) is 122 Å². The number of amides is 1. The van der Waals surface area contributed by atoms with E-state index in [2.05, 4.69) is 48.4 Å². The molecule has 10 heteroatoms. The second-order valence-electron chi connectivity index (χ2n) is 10.3. The lowest BCUT2D eigenvalue weighted by molar-refractivity contribution is 0.0519. The van der Waals surface area contributed by atoms with Crippen LogP contribution < -0.4 is 21.3 Å². The van der Waals surface area contributed by atoms with E-state index in [1.807, 2.05) is 36.4 Å². The fraction of sp³-hybridized carbons (Fsp3) is 0.467. The maximum Gasteiger partial charge on any atom is 0.251 e. The number of anilines is 3. The number of nitrogens with zero attached hydrogens (tertiary/aromatic N) is 3. The predicted octanol–water partition coefficient (Wildman–Crippen LogP) is 3.96. The molecule has 3 unspecified atom stereocenters.